The summed E-state index contributed by atoms with van der Waals surface area (Å²) in [4.78, 5) is 2.76. The van der Waals surface area contributed by atoms with Crippen LogP contribution in [0.15, 0.2) is 5.11 Å². The summed E-state index contributed by atoms with van der Waals surface area (Å²) in [5.74, 6) is 0.0550. The van der Waals surface area contributed by atoms with Crippen LogP contribution in [0.3, 0.4) is 0 Å². The van der Waals surface area contributed by atoms with Crippen LogP contribution in [-0.4, -0.2) is 50.8 Å². The maximum absolute atomic E-state index is 11.6. The van der Waals surface area contributed by atoms with E-state index in [1.165, 1.54) is 17.6 Å². The highest BCUT2D eigenvalue weighted by atomic mass is 32.2. The van der Waals surface area contributed by atoms with Crippen molar-refractivity contribution in [1.29, 1.82) is 0 Å². The van der Waals surface area contributed by atoms with Crippen LogP contribution in [0.5, 0.6) is 0 Å². The third-order valence-electron chi connectivity index (χ3n) is 3.09. The summed E-state index contributed by atoms with van der Waals surface area (Å²) in [5, 5.41) is 3.63. The molecule has 3 atom stereocenters. The van der Waals surface area contributed by atoms with E-state index in [0.29, 0.717) is 6.61 Å². The monoisotopic (exact) mass is 276 g/mol. The zero-order chi connectivity index (χ0) is 13.9. The predicted molar refractivity (Wildman–Crippen MR) is 68.5 cm³/mol. The van der Waals surface area contributed by atoms with Crippen molar-refractivity contribution in [2.75, 3.05) is 19.9 Å². The first-order chi connectivity index (χ1) is 8.27. The average Bonchev–Trinajstić information content (AvgIpc) is 2.96. The van der Waals surface area contributed by atoms with Gasteiger partial charge in [-0.1, -0.05) is 5.11 Å². The van der Waals surface area contributed by atoms with Crippen LogP contribution in [0, 0.1) is 5.92 Å². The second kappa shape index (κ2) is 5.88. The van der Waals surface area contributed by atoms with Crippen molar-refractivity contribution < 1.29 is 13.2 Å². The Morgan fingerprint density at radius 2 is 2.17 bits per heavy atom. The molecule has 18 heavy (non-hydrogen) atoms. The van der Waals surface area contributed by atoms with Gasteiger partial charge in [-0.2, -0.15) is 4.31 Å². The molecule has 104 valence electrons. The second-order valence-electron chi connectivity index (χ2n) is 4.90. The van der Waals surface area contributed by atoms with Gasteiger partial charge in [0.05, 0.1) is 25.0 Å². The normalized spacial score (nSPS) is 25.0. The van der Waals surface area contributed by atoms with E-state index in [2.05, 4.69) is 10.0 Å². The standard InChI is InChI=1S/C10H20N4O3S/c1-7(2)17-6-10(14(3)18(4,15)16)8-5-9(8)12-13-11/h7-10H,5-6H2,1-4H3. The van der Waals surface area contributed by atoms with Gasteiger partial charge in [0.15, 0.2) is 0 Å². The first-order valence-electron chi connectivity index (χ1n) is 5.86. The molecule has 1 fully saturated rings. The topological polar surface area (TPSA) is 95.4 Å². The van der Waals surface area contributed by atoms with Crippen LogP contribution in [0.2, 0.25) is 0 Å². The fourth-order valence-corrected chi connectivity index (χ4v) is 2.56. The first kappa shape index (κ1) is 15.2. The Balaban J connectivity index is 2.74. The lowest BCUT2D eigenvalue weighted by atomic mass is 10.2. The molecule has 0 spiro atoms. The molecule has 3 unspecified atom stereocenters. The Morgan fingerprint density at radius 1 is 1.56 bits per heavy atom. The number of likely N-dealkylation sites (N-methyl/N-ethyl adjacent to an activating group) is 1. The Hall–Kier alpha value is -0.820. The minimum Gasteiger partial charge on any atom is -0.377 e. The Labute approximate surface area is 108 Å². The summed E-state index contributed by atoms with van der Waals surface area (Å²) < 4.78 is 30.0. The van der Waals surface area contributed by atoms with Gasteiger partial charge in [0, 0.05) is 18.0 Å². The van der Waals surface area contributed by atoms with Gasteiger partial charge in [-0.15, -0.1) is 0 Å². The lowest BCUT2D eigenvalue weighted by molar-refractivity contribution is 0.0427. The van der Waals surface area contributed by atoms with Gasteiger partial charge in [0.25, 0.3) is 0 Å². The fraction of sp³-hybridized carbons (Fsp3) is 1.00. The lowest BCUT2D eigenvalue weighted by Gasteiger charge is -2.27. The van der Waals surface area contributed by atoms with E-state index in [1.807, 2.05) is 13.8 Å². The maximum Gasteiger partial charge on any atom is 0.211 e. The molecule has 1 saturated carbocycles. The number of ether oxygens (including phenoxy) is 1. The summed E-state index contributed by atoms with van der Waals surface area (Å²) in [6, 6.07) is -0.377. The summed E-state index contributed by atoms with van der Waals surface area (Å²) in [5.41, 5.74) is 8.39. The molecule has 0 aromatic carbocycles. The van der Waals surface area contributed by atoms with Crippen LogP contribution in [0.4, 0.5) is 0 Å². The molecule has 8 heteroatoms. The van der Waals surface area contributed by atoms with E-state index in [1.54, 1.807) is 0 Å². The van der Waals surface area contributed by atoms with Crippen molar-refractivity contribution in [2.24, 2.45) is 11.0 Å². The van der Waals surface area contributed by atoms with Crippen molar-refractivity contribution in [3.63, 3.8) is 0 Å². The predicted octanol–water partition coefficient (Wildman–Crippen LogP) is 1.37. The van der Waals surface area contributed by atoms with Crippen molar-refractivity contribution >= 4 is 10.0 Å². The molecule has 1 aliphatic rings. The van der Waals surface area contributed by atoms with Gasteiger partial charge in [-0.3, -0.25) is 0 Å². The number of hydrogen-bond acceptors (Lipinski definition) is 4. The second-order valence-corrected chi connectivity index (χ2v) is 6.94. The van der Waals surface area contributed by atoms with Crippen LogP contribution < -0.4 is 0 Å². The highest BCUT2D eigenvalue weighted by Crippen LogP contribution is 2.39. The summed E-state index contributed by atoms with van der Waals surface area (Å²) in [6.07, 6.45) is 1.92. The van der Waals surface area contributed by atoms with Crippen LogP contribution in [-0.2, 0) is 14.8 Å². The van der Waals surface area contributed by atoms with Gasteiger partial charge in [-0.05, 0) is 31.7 Å². The zero-order valence-corrected chi connectivity index (χ0v) is 12.0. The minimum absolute atomic E-state index is 0.0390. The van der Waals surface area contributed by atoms with E-state index < -0.39 is 10.0 Å². The summed E-state index contributed by atoms with van der Waals surface area (Å²) >= 11 is 0. The third kappa shape index (κ3) is 4.13. The summed E-state index contributed by atoms with van der Waals surface area (Å²) in [6.45, 7) is 4.12. The Morgan fingerprint density at radius 3 is 2.61 bits per heavy atom. The van der Waals surface area contributed by atoms with Crippen LogP contribution >= 0.6 is 0 Å². The molecule has 0 radical (unpaired) electrons. The maximum atomic E-state index is 11.6. The van der Waals surface area contributed by atoms with E-state index in [9.17, 15) is 8.42 Å². The molecule has 0 bridgehead atoms. The molecule has 0 aromatic heterocycles. The van der Waals surface area contributed by atoms with Crippen LogP contribution in [0.1, 0.15) is 20.3 Å². The average molecular weight is 276 g/mol. The van der Waals surface area contributed by atoms with Crippen molar-refractivity contribution in [3.8, 4) is 0 Å². The van der Waals surface area contributed by atoms with Crippen LogP contribution in [0.25, 0.3) is 10.4 Å². The van der Waals surface area contributed by atoms with E-state index in [0.717, 1.165) is 6.42 Å². The van der Waals surface area contributed by atoms with Gasteiger partial charge < -0.3 is 4.74 Å². The largest absolute Gasteiger partial charge is 0.377 e. The van der Waals surface area contributed by atoms with Gasteiger partial charge >= 0.3 is 0 Å². The Kier molecular flexibility index (Phi) is 4.98. The van der Waals surface area contributed by atoms with E-state index >= 15 is 0 Å². The van der Waals surface area contributed by atoms with Gasteiger partial charge in [-0.25, -0.2) is 8.42 Å². The molecule has 1 aliphatic carbocycles. The van der Waals surface area contributed by atoms with E-state index in [4.69, 9.17) is 10.3 Å². The van der Waals surface area contributed by atoms with Crippen molar-refractivity contribution in [2.45, 2.75) is 38.5 Å². The number of azide groups is 1. The number of nitrogens with zero attached hydrogens (tertiary/aromatic N) is 4. The SMILES string of the molecule is CC(C)OCC(C1CC1N=[N+]=[N-])N(C)S(C)(=O)=O. The molecule has 0 amide bonds. The molecular weight excluding hydrogens is 256 g/mol. The van der Waals surface area contributed by atoms with Crippen molar-refractivity contribution in [3.05, 3.63) is 10.4 Å². The number of rotatable bonds is 7. The van der Waals surface area contributed by atoms with E-state index in [-0.39, 0.29) is 24.1 Å². The molecule has 0 heterocycles. The Bertz CT molecular complexity index is 430. The first-order valence-corrected chi connectivity index (χ1v) is 7.71. The smallest absolute Gasteiger partial charge is 0.211 e. The minimum atomic E-state index is -3.27. The molecular formula is C10H20N4O3S. The highest BCUT2D eigenvalue weighted by Gasteiger charge is 2.46. The molecule has 1 rings (SSSR count). The fourth-order valence-electron chi connectivity index (χ4n) is 1.85. The van der Waals surface area contributed by atoms with Gasteiger partial charge in [0.2, 0.25) is 10.0 Å². The lowest BCUT2D eigenvalue weighted by Crippen LogP contribution is -2.42. The van der Waals surface area contributed by atoms with Crippen molar-refractivity contribution in [1.82, 2.24) is 4.31 Å². The highest BCUT2D eigenvalue weighted by molar-refractivity contribution is 7.88. The summed E-state index contributed by atoms with van der Waals surface area (Å²) in [7, 11) is -1.74. The molecule has 7 nitrogen and oxygen atoms in total. The number of hydrogen-bond donors (Lipinski definition) is 0. The molecule has 0 N–H and O–H groups in total. The van der Waals surface area contributed by atoms with Gasteiger partial charge in [0.1, 0.15) is 0 Å². The molecule has 0 aliphatic heterocycles. The number of sulfonamides is 1. The molecule has 0 saturated heterocycles. The third-order valence-corrected chi connectivity index (χ3v) is 4.41. The molecule has 0 aromatic rings. The quantitative estimate of drug-likeness (QED) is 0.399. The zero-order valence-electron chi connectivity index (χ0n) is 11.1.